The highest BCUT2D eigenvalue weighted by atomic mass is 16.6. The van der Waals surface area contributed by atoms with Crippen LogP contribution in [0.5, 0.6) is 5.75 Å². The molecule has 10 nitrogen and oxygen atoms in total. The molecule has 0 spiro atoms. The number of carbonyl (C=O) groups is 3. The van der Waals surface area contributed by atoms with E-state index in [0.717, 1.165) is 24.1 Å². The predicted octanol–water partition coefficient (Wildman–Crippen LogP) is 4.33. The molecule has 1 saturated heterocycles. The molecule has 200 valence electrons. The molecule has 0 bridgehead atoms. The standard InChI is InChI=1S/C27H36N4O6/c1-27(2,3)37-26(35)28-15-12-19-4-6-20(7-5-19)29-22-13-16-31(17-14-22)25(34)30-21-8-10-23(11-9-21)36-18-24(32)33/h4-11,22,29H,12-18H2,1-3H3,(H,28,35)(H,30,34)(H,32,33). The fourth-order valence-corrected chi connectivity index (χ4v) is 3.84. The Morgan fingerprint density at radius 2 is 1.59 bits per heavy atom. The zero-order chi connectivity index (χ0) is 26.8. The number of urea groups is 1. The van der Waals surface area contributed by atoms with Gasteiger partial charge in [-0.15, -0.1) is 0 Å². The fraction of sp³-hybridized carbons (Fsp3) is 0.444. The number of likely N-dealkylation sites (tertiary alicyclic amines) is 1. The van der Waals surface area contributed by atoms with Crippen molar-refractivity contribution < 1.29 is 29.0 Å². The summed E-state index contributed by atoms with van der Waals surface area (Å²) < 4.78 is 10.3. The van der Waals surface area contributed by atoms with Crippen LogP contribution in [0.2, 0.25) is 0 Å². The number of rotatable bonds is 9. The van der Waals surface area contributed by atoms with E-state index >= 15 is 0 Å². The van der Waals surface area contributed by atoms with Crippen molar-refractivity contribution >= 4 is 29.5 Å². The summed E-state index contributed by atoms with van der Waals surface area (Å²) in [5, 5.41) is 17.8. The summed E-state index contributed by atoms with van der Waals surface area (Å²) in [4.78, 5) is 36.7. The number of amides is 3. The lowest BCUT2D eigenvalue weighted by atomic mass is 10.0. The van der Waals surface area contributed by atoms with Gasteiger partial charge in [-0.25, -0.2) is 14.4 Å². The Kier molecular flexibility index (Phi) is 9.59. The minimum absolute atomic E-state index is 0.165. The van der Waals surface area contributed by atoms with Crippen LogP contribution in [0.1, 0.15) is 39.2 Å². The first-order valence-corrected chi connectivity index (χ1v) is 12.4. The Hall–Kier alpha value is -3.95. The number of hydrogen-bond acceptors (Lipinski definition) is 6. The van der Waals surface area contributed by atoms with E-state index in [0.29, 0.717) is 37.5 Å². The zero-order valence-corrected chi connectivity index (χ0v) is 21.6. The third kappa shape index (κ3) is 9.91. The van der Waals surface area contributed by atoms with Crippen molar-refractivity contribution in [3.63, 3.8) is 0 Å². The van der Waals surface area contributed by atoms with E-state index in [9.17, 15) is 14.4 Å². The quantitative estimate of drug-likeness (QED) is 0.394. The van der Waals surface area contributed by atoms with Gasteiger partial charge in [-0.1, -0.05) is 12.1 Å². The summed E-state index contributed by atoms with van der Waals surface area (Å²) in [6, 6.07) is 14.9. The lowest BCUT2D eigenvalue weighted by molar-refractivity contribution is -0.139. The molecule has 1 aliphatic rings. The molecule has 0 aliphatic carbocycles. The van der Waals surface area contributed by atoms with E-state index in [1.165, 1.54) is 0 Å². The van der Waals surface area contributed by atoms with Gasteiger partial charge < -0.3 is 35.4 Å². The maximum atomic E-state index is 12.6. The van der Waals surface area contributed by atoms with E-state index in [-0.39, 0.29) is 12.1 Å². The molecule has 4 N–H and O–H groups in total. The number of piperidine rings is 1. The Bertz CT molecular complexity index is 1040. The first-order valence-electron chi connectivity index (χ1n) is 12.4. The molecule has 0 radical (unpaired) electrons. The number of benzene rings is 2. The normalized spacial score (nSPS) is 14.0. The van der Waals surface area contributed by atoms with Crippen molar-refractivity contribution in [2.75, 3.05) is 36.9 Å². The summed E-state index contributed by atoms with van der Waals surface area (Å²) in [5.74, 6) is -0.616. The topological polar surface area (TPSA) is 129 Å². The zero-order valence-electron chi connectivity index (χ0n) is 21.6. The number of carboxylic acids is 1. The molecule has 3 amide bonds. The highest BCUT2D eigenvalue weighted by Crippen LogP contribution is 2.20. The van der Waals surface area contributed by atoms with Crippen molar-refractivity contribution in [1.82, 2.24) is 10.2 Å². The average molecular weight is 513 g/mol. The number of anilines is 2. The second-order valence-electron chi connectivity index (χ2n) is 9.92. The number of carboxylic acid groups (broad SMARTS) is 1. The molecule has 0 saturated carbocycles. The lowest BCUT2D eigenvalue weighted by Crippen LogP contribution is -2.44. The Balaban J connectivity index is 1.36. The monoisotopic (exact) mass is 512 g/mol. The molecule has 1 heterocycles. The number of nitrogens with one attached hydrogen (secondary N) is 3. The average Bonchev–Trinajstić information content (AvgIpc) is 2.84. The maximum absolute atomic E-state index is 12.6. The van der Waals surface area contributed by atoms with Gasteiger partial charge in [0.25, 0.3) is 0 Å². The molecule has 3 rings (SSSR count). The first kappa shape index (κ1) is 27.6. The molecule has 2 aromatic carbocycles. The molecule has 2 aromatic rings. The third-order valence-electron chi connectivity index (χ3n) is 5.66. The number of hydrogen-bond donors (Lipinski definition) is 4. The van der Waals surface area contributed by atoms with Crippen LogP contribution in [0.4, 0.5) is 21.0 Å². The Morgan fingerprint density at radius 1 is 0.973 bits per heavy atom. The minimum atomic E-state index is -1.04. The van der Waals surface area contributed by atoms with Crippen LogP contribution >= 0.6 is 0 Å². The van der Waals surface area contributed by atoms with Gasteiger partial charge in [-0.05, 0) is 82.0 Å². The van der Waals surface area contributed by atoms with Crippen LogP contribution < -0.4 is 20.7 Å². The maximum Gasteiger partial charge on any atom is 0.407 e. The van der Waals surface area contributed by atoms with Gasteiger partial charge in [0, 0.05) is 37.1 Å². The van der Waals surface area contributed by atoms with E-state index < -0.39 is 24.3 Å². The highest BCUT2D eigenvalue weighted by Gasteiger charge is 2.23. The fourth-order valence-electron chi connectivity index (χ4n) is 3.84. The summed E-state index contributed by atoms with van der Waals surface area (Å²) in [5.41, 5.74) is 2.26. The van der Waals surface area contributed by atoms with Crippen molar-refractivity contribution in [1.29, 1.82) is 0 Å². The van der Waals surface area contributed by atoms with Gasteiger partial charge in [0.1, 0.15) is 11.4 Å². The summed E-state index contributed by atoms with van der Waals surface area (Å²) >= 11 is 0. The third-order valence-corrected chi connectivity index (χ3v) is 5.66. The SMILES string of the molecule is CC(C)(C)OC(=O)NCCc1ccc(NC2CCN(C(=O)Nc3ccc(OCC(=O)O)cc3)CC2)cc1. The van der Waals surface area contributed by atoms with Crippen LogP contribution in [-0.4, -0.2) is 66.0 Å². The number of aliphatic carboxylic acids is 1. The largest absolute Gasteiger partial charge is 0.482 e. The number of nitrogens with zero attached hydrogens (tertiary/aromatic N) is 1. The molecule has 10 heteroatoms. The van der Waals surface area contributed by atoms with E-state index in [1.54, 1.807) is 29.2 Å². The molecule has 0 atom stereocenters. The van der Waals surface area contributed by atoms with Gasteiger partial charge in [-0.2, -0.15) is 0 Å². The number of alkyl carbamates (subject to hydrolysis) is 1. The van der Waals surface area contributed by atoms with Gasteiger partial charge in [-0.3, -0.25) is 0 Å². The van der Waals surface area contributed by atoms with Crippen LogP contribution in [0.3, 0.4) is 0 Å². The first-order chi connectivity index (χ1) is 17.6. The van der Waals surface area contributed by atoms with Crippen LogP contribution in [-0.2, 0) is 16.0 Å². The van der Waals surface area contributed by atoms with Crippen molar-refractivity contribution in [2.24, 2.45) is 0 Å². The van der Waals surface area contributed by atoms with E-state index in [2.05, 4.69) is 16.0 Å². The molecular weight excluding hydrogens is 476 g/mol. The Labute approximate surface area is 217 Å². The second kappa shape index (κ2) is 12.8. The second-order valence-corrected chi connectivity index (χ2v) is 9.92. The summed E-state index contributed by atoms with van der Waals surface area (Å²) in [6.07, 6.45) is 1.96. The molecule has 0 aromatic heterocycles. The molecule has 37 heavy (non-hydrogen) atoms. The van der Waals surface area contributed by atoms with Crippen molar-refractivity contribution in [2.45, 2.75) is 51.7 Å². The Morgan fingerprint density at radius 3 is 2.19 bits per heavy atom. The van der Waals surface area contributed by atoms with Gasteiger partial charge in [0.2, 0.25) is 0 Å². The predicted molar refractivity (Wildman–Crippen MR) is 141 cm³/mol. The van der Waals surface area contributed by atoms with Crippen LogP contribution in [0.25, 0.3) is 0 Å². The number of ether oxygens (including phenoxy) is 2. The van der Waals surface area contributed by atoms with Crippen LogP contribution in [0, 0.1) is 0 Å². The summed E-state index contributed by atoms with van der Waals surface area (Å²) in [7, 11) is 0. The summed E-state index contributed by atoms with van der Waals surface area (Å²) in [6.45, 7) is 6.87. The van der Waals surface area contributed by atoms with Gasteiger partial charge in [0.15, 0.2) is 6.61 Å². The lowest BCUT2D eigenvalue weighted by Gasteiger charge is -2.33. The van der Waals surface area contributed by atoms with Crippen molar-refractivity contribution in [3.8, 4) is 5.75 Å². The molecular formula is C27H36N4O6. The molecule has 0 unspecified atom stereocenters. The van der Waals surface area contributed by atoms with Crippen molar-refractivity contribution in [3.05, 3.63) is 54.1 Å². The van der Waals surface area contributed by atoms with Gasteiger partial charge >= 0.3 is 18.1 Å². The minimum Gasteiger partial charge on any atom is -0.482 e. The van der Waals surface area contributed by atoms with E-state index in [4.69, 9.17) is 14.6 Å². The molecule has 1 aliphatic heterocycles. The number of carbonyl (C=O) groups excluding carboxylic acids is 2. The molecule has 1 fully saturated rings. The smallest absolute Gasteiger partial charge is 0.407 e. The highest BCUT2D eigenvalue weighted by molar-refractivity contribution is 5.89. The van der Waals surface area contributed by atoms with Crippen LogP contribution in [0.15, 0.2) is 48.5 Å². The van der Waals surface area contributed by atoms with Gasteiger partial charge in [0.05, 0.1) is 0 Å². The van der Waals surface area contributed by atoms with E-state index in [1.807, 2.05) is 45.0 Å².